The first kappa shape index (κ1) is 59.0. The number of nitrogens with zero attached hydrogens (tertiary/aromatic N) is 5. The maximum atomic E-state index is 11.1. The molecule has 11 N–H and O–H groups in total. The van der Waals surface area contributed by atoms with E-state index in [1.165, 1.54) is 23.1 Å². The Morgan fingerprint density at radius 2 is 1.49 bits per heavy atom. The number of rotatable bonds is 9. The predicted molar refractivity (Wildman–Crippen MR) is 322 cm³/mol. The summed E-state index contributed by atoms with van der Waals surface area (Å²) in [7, 11) is 0. The van der Waals surface area contributed by atoms with Crippen LogP contribution < -0.4 is 33.2 Å². The normalized spacial score (nSPS) is 15.0. The molecule has 11 rings (SSSR count). The average molecular weight is 1220 g/mol. The molecule has 0 bridgehead atoms. The fourth-order valence-electron chi connectivity index (χ4n) is 7.09. The minimum atomic E-state index is -0.864. The number of carbonyl (C=O) groups is 2. The third kappa shape index (κ3) is 19.7. The smallest absolute Gasteiger partial charge is 0.345 e. The maximum absolute atomic E-state index is 11.1. The number of carboxylic acid groups (broad SMARTS) is 1. The molecule has 2 atom stereocenters. The van der Waals surface area contributed by atoms with Gasteiger partial charge in [-0.15, -0.1) is 11.3 Å². The molecule has 4 aromatic carbocycles. The Labute approximate surface area is 476 Å². The highest BCUT2D eigenvalue weighted by Crippen LogP contribution is 2.29. The minimum Gasteiger partial charge on any atom is -0.477 e. The lowest BCUT2D eigenvalue weighted by Crippen LogP contribution is -2.18. The number of aliphatic imine (C=N–C) groups is 1. The SMILES string of the molecule is C/C=C\C(N)=C/N.CC(=O)c1cc2ccc(Br)cc2[nH]1.Clc1nccc(Nc2ccc(C3=CCN=C3)cc2)n1.Clc1nccc(Nc2ccc(C3C=CNC3)cc2)n1.NC1CCOC1.O=C(O)c1cc2ccc(Br)cc2s1. The van der Waals surface area contributed by atoms with Gasteiger partial charge < -0.3 is 48.0 Å². The number of aromatic amines is 1. The number of Topliss-reactive ketones (excluding diaryl/α,β-unsaturated/α-hetero) is 1. The van der Waals surface area contributed by atoms with Crippen molar-refractivity contribution in [1.29, 1.82) is 0 Å². The molecule has 0 spiro atoms. The number of nitrogens with one attached hydrogen (secondary N) is 4. The Hall–Kier alpha value is -7.23. The number of fused-ring (bicyclic) bond motifs is 2. The highest BCUT2D eigenvalue weighted by atomic mass is 79.9. The van der Waals surface area contributed by atoms with Gasteiger partial charge in [-0.2, -0.15) is 0 Å². The largest absolute Gasteiger partial charge is 0.477 e. The van der Waals surface area contributed by atoms with Gasteiger partial charge in [-0.05, 0) is 144 Å². The van der Waals surface area contributed by atoms with E-state index < -0.39 is 5.97 Å². The number of aromatic carboxylic acids is 1. The van der Waals surface area contributed by atoms with Crippen molar-refractivity contribution in [3.05, 3.63) is 205 Å². The Morgan fingerprint density at radius 3 is 1.99 bits per heavy atom. The molecule has 8 aromatic rings. The molecule has 2 unspecified atom stereocenters. The summed E-state index contributed by atoms with van der Waals surface area (Å²) in [6.45, 7) is 6.81. The van der Waals surface area contributed by atoms with Gasteiger partial charge in [-0.3, -0.25) is 9.79 Å². The summed E-state index contributed by atoms with van der Waals surface area (Å²) in [5, 5.41) is 20.8. The number of ether oxygens (including phenoxy) is 1. The second-order valence-electron chi connectivity index (χ2n) is 16.8. The Morgan fingerprint density at radius 1 is 0.857 bits per heavy atom. The van der Waals surface area contributed by atoms with E-state index in [0.29, 0.717) is 39.9 Å². The van der Waals surface area contributed by atoms with Crippen molar-refractivity contribution in [2.75, 3.05) is 36.9 Å². The lowest BCUT2D eigenvalue weighted by Gasteiger charge is -2.10. The molecule has 0 radical (unpaired) electrons. The molecule has 0 aliphatic carbocycles. The van der Waals surface area contributed by atoms with Gasteiger partial charge >= 0.3 is 5.97 Å². The number of halogens is 4. The number of ketones is 1. The van der Waals surface area contributed by atoms with Crippen molar-refractivity contribution in [2.24, 2.45) is 22.2 Å². The average Bonchev–Trinajstić information content (AvgIpc) is 4.30. The second kappa shape index (κ2) is 30.5. The van der Waals surface area contributed by atoms with E-state index in [2.05, 4.69) is 102 Å². The van der Waals surface area contributed by atoms with Crippen molar-refractivity contribution in [3.8, 4) is 0 Å². The number of thiophene rings is 1. The molecule has 3 aliphatic heterocycles. The number of aromatic nitrogens is 5. The first-order chi connectivity index (χ1) is 37.2. The van der Waals surface area contributed by atoms with Crippen LogP contribution in [0, 0.1) is 0 Å². The number of nitrogens with two attached hydrogens (primary N) is 3. The van der Waals surface area contributed by atoms with Crippen molar-refractivity contribution < 1.29 is 19.4 Å². The van der Waals surface area contributed by atoms with E-state index in [1.54, 1.807) is 43.6 Å². The number of carboxylic acids is 1. The summed E-state index contributed by atoms with van der Waals surface area (Å²) < 4.78 is 7.91. The van der Waals surface area contributed by atoms with Crippen molar-refractivity contribution in [3.63, 3.8) is 0 Å². The highest BCUT2D eigenvalue weighted by molar-refractivity contribution is 9.10. The van der Waals surface area contributed by atoms with Gasteiger partial charge in [0.15, 0.2) is 5.78 Å². The van der Waals surface area contributed by atoms with Crippen LogP contribution in [-0.2, 0) is 4.74 Å². The predicted octanol–water partition coefficient (Wildman–Crippen LogP) is 13.0. The number of carbonyl (C=O) groups excluding carboxylic acids is 1. The van der Waals surface area contributed by atoms with Crippen molar-refractivity contribution >= 4 is 134 Å². The molecule has 3 aliphatic rings. The standard InChI is InChI=1S/C14H13ClN4.C14H11ClN4.C10H8BrNO.C9H5BrO2S.C5H10N2.C4H9NO/c2*15-14-17-8-6-13(19-14)18-12-3-1-10(2-4-12)11-5-7-16-9-11;1-6(13)9-4-7-2-3-8(11)5-10(7)12-9;10-6-2-1-5-3-8(9(11)12)13-7(5)4-6;1-2-3-5(7)4-6;5-4-1-2-6-3-4/h1-8,11,16H,9H2,(H,17,18,19);1-6,8-9H,7H2,(H,17,18,19);2-5,12H,1H3;1-4H,(H,11,12);2-4H,6-7H2,1H3;4H,1-3,5H2/b;;;;3-2-,5-4+;. The summed E-state index contributed by atoms with van der Waals surface area (Å²) in [6, 6.07) is 35.5. The molecule has 1 saturated heterocycles. The van der Waals surface area contributed by atoms with Crippen LogP contribution in [-0.4, -0.2) is 80.3 Å². The molecule has 1 fully saturated rings. The molecule has 7 heterocycles. The number of anilines is 4. The van der Waals surface area contributed by atoms with Gasteiger partial charge in [-0.1, -0.05) is 86.5 Å². The summed E-state index contributed by atoms with van der Waals surface area (Å²) in [5.41, 5.74) is 23.5. The number of benzene rings is 4. The van der Waals surface area contributed by atoms with Crippen molar-refractivity contribution in [1.82, 2.24) is 30.2 Å². The molecule has 21 heteroatoms. The minimum absolute atomic E-state index is 0.0623. The first-order valence-electron chi connectivity index (χ1n) is 23.8. The zero-order chi connectivity index (χ0) is 55.1. The zero-order valence-corrected chi connectivity index (χ0v) is 47.3. The molecule has 16 nitrogen and oxygen atoms in total. The van der Waals surface area contributed by atoms with Gasteiger partial charge in [0.2, 0.25) is 10.6 Å². The van der Waals surface area contributed by atoms with E-state index in [4.69, 9.17) is 50.2 Å². The van der Waals surface area contributed by atoms with Gasteiger partial charge in [-0.25, -0.2) is 24.7 Å². The molecule has 0 saturated carbocycles. The molecule has 4 aromatic heterocycles. The summed E-state index contributed by atoms with van der Waals surface area (Å²) >= 11 is 19.5. The van der Waals surface area contributed by atoms with Crippen LogP contribution in [0.3, 0.4) is 0 Å². The number of hydrogen-bond donors (Lipinski definition) is 8. The fraction of sp³-hybridized carbons (Fsp3) is 0.161. The molecular weight excluding hydrogens is 1170 g/mol. The number of hydrogen-bond acceptors (Lipinski definition) is 15. The van der Waals surface area contributed by atoms with Crippen LogP contribution in [0.15, 0.2) is 178 Å². The third-order valence-electron chi connectivity index (χ3n) is 11.0. The van der Waals surface area contributed by atoms with E-state index in [9.17, 15) is 9.59 Å². The monoisotopic (exact) mass is 1220 g/mol. The lowest BCUT2D eigenvalue weighted by molar-refractivity contribution is 0.0702. The second-order valence-corrected chi connectivity index (χ2v) is 20.3. The molecule has 77 heavy (non-hydrogen) atoms. The topological polar surface area (TPSA) is 257 Å². The van der Waals surface area contributed by atoms with Crippen molar-refractivity contribution in [2.45, 2.75) is 32.2 Å². The van der Waals surface area contributed by atoms with Gasteiger partial charge in [0.05, 0.1) is 18.8 Å². The van der Waals surface area contributed by atoms with Crippen LogP contribution in [0.1, 0.15) is 57.5 Å². The van der Waals surface area contributed by atoms with Crippen LogP contribution in [0.25, 0.3) is 26.6 Å². The van der Waals surface area contributed by atoms with Gasteiger partial charge in [0.1, 0.15) is 16.5 Å². The summed E-state index contributed by atoms with van der Waals surface area (Å²) in [6.07, 6.45) is 17.4. The van der Waals surface area contributed by atoms with Gasteiger partial charge in [0, 0.05) is 98.5 Å². The summed E-state index contributed by atoms with van der Waals surface area (Å²) in [5.74, 6) is 1.02. The number of allylic oxidation sites excluding steroid dienone is 3. The Kier molecular flexibility index (Phi) is 23.4. The Bertz CT molecular complexity index is 3290. The molecule has 398 valence electrons. The van der Waals surface area contributed by atoms with Crippen LogP contribution in [0.4, 0.5) is 23.0 Å². The van der Waals surface area contributed by atoms with E-state index in [-0.39, 0.29) is 16.4 Å². The number of H-pyrrole nitrogens is 1. The quantitative estimate of drug-likeness (QED) is 0.0380. The molecule has 0 amide bonds. The van der Waals surface area contributed by atoms with E-state index in [0.717, 1.165) is 85.2 Å². The maximum Gasteiger partial charge on any atom is 0.345 e. The fourth-order valence-corrected chi connectivity index (χ4v) is 9.20. The third-order valence-corrected chi connectivity index (χ3v) is 13.4. The van der Waals surface area contributed by atoms with E-state index >= 15 is 0 Å². The first-order valence-corrected chi connectivity index (χ1v) is 27.0. The molecular formula is C56H56Br2Cl2N12O4S. The van der Waals surface area contributed by atoms with Crippen LogP contribution in [0.5, 0.6) is 0 Å². The van der Waals surface area contributed by atoms with Crippen LogP contribution >= 0.6 is 66.4 Å². The van der Waals surface area contributed by atoms with Crippen LogP contribution in [0.2, 0.25) is 10.6 Å². The Balaban J connectivity index is 0.000000156. The highest BCUT2D eigenvalue weighted by Gasteiger charge is 2.12. The van der Waals surface area contributed by atoms with Gasteiger partial charge in [0.25, 0.3) is 0 Å². The van der Waals surface area contributed by atoms with E-state index in [1.807, 2.05) is 104 Å². The zero-order valence-electron chi connectivity index (χ0n) is 41.8. The summed E-state index contributed by atoms with van der Waals surface area (Å²) in [4.78, 5) is 45.2. The lowest BCUT2D eigenvalue weighted by atomic mass is 10.0.